The van der Waals surface area contributed by atoms with Gasteiger partial charge in [-0.3, -0.25) is 4.90 Å². The molecule has 3 aromatic carbocycles. The molecule has 5 rings (SSSR count). The van der Waals surface area contributed by atoms with E-state index in [0.717, 1.165) is 38.0 Å². The molecule has 0 saturated carbocycles. The molecule has 1 aliphatic carbocycles. The molecule has 1 saturated heterocycles. The van der Waals surface area contributed by atoms with Crippen molar-refractivity contribution >= 4 is 0 Å². The van der Waals surface area contributed by atoms with Crippen molar-refractivity contribution in [3.8, 4) is 11.8 Å². The smallest absolute Gasteiger partial charge is 0.119 e. The standard InChI is InChI=1S/C33H38N2O/c1-36-31-16-15-28-26-32(20-17-27(28)25-31)18-8-9-23-35(32)24-10-19-33(21-22-34,29-11-4-2-5-12-29)30-13-6-3-7-14-30/h2-7,11-16,25H,8-10,17-21,23-24,26H2,1H3. The molecule has 0 radical (unpaired) electrons. The molecule has 0 N–H and O–H groups in total. The number of fused-ring (bicyclic) bond motifs is 1. The van der Waals surface area contributed by atoms with Gasteiger partial charge in [-0.05, 0) is 92.4 Å². The van der Waals surface area contributed by atoms with Crippen LogP contribution in [-0.2, 0) is 18.3 Å². The third kappa shape index (κ3) is 4.80. The monoisotopic (exact) mass is 478 g/mol. The van der Waals surface area contributed by atoms with Crippen LogP contribution >= 0.6 is 0 Å². The van der Waals surface area contributed by atoms with Crippen molar-refractivity contribution in [2.24, 2.45) is 0 Å². The van der Waals surface area contributed by atoms with E-state index in [1.807, 2.05) is 0 Å². The van der Waals surface area contributed by atoms with Crippen LogP contribution < -0.4 is 4.74 Å². The molecule has 1 fully saturated rings. The quantitative estimate of drug-likeness (QED) is 0.347. The first-order valence-electron chi connectivity index (χ1n) is 13.6. The molecule has 1 heterocycles. The molecule has 2 aliphatic rings. The number of methoxy groups -OCH3 is 1. The van der Waals surface area contributed by atoms with Gasteiger partial charge in [0.2, 0.25) is 0 Å². The lowest BCUT2D eigenvalue weighted by molar-refractivity contribution is 0.0314. The predicted molar refractivity (Wildman–Crippen MR) is 146 cm³/mol. The Morgan fingerprint density at radius 1 is 0.917 bits per heavy atom. The number of ether oxygens (including phenoxy) is 1. The fourth-order valence-electron chi connectivity index (χ4n) is 6.90. The highest BCUT2D eigenvalue weighted by molar-refractivity contribution is 5.41. The lowest BCUT2D eigenvalue weighted by Gasteiger charge is -2.50. The lowest BCUT2D eigenvalue weighted by atomic mass is 9.69. The largest absolute Gasteiger partial charge is 0.497 e. The summed E-state index contributed by atoms with van der Waals surface area (Å²) in [6, 6.07) is 30.6. The van der Waals surface area contributed by atoms with Crippen LogP contribution in [0.15, 0.2) is 78.9 Å². The van der Waals surface area contributed by atoms with Gasteiger partial charge >= 0.3 is 0 Å². The zero-order valence-corrected chi connectivity index (χ0v) is 21.6. The molecular formula is C33H38N2O. The Hall–Kier alpha value is -3.09. The summed E-state index contributed by atoms with van der Waals surface area (Å²) in [6.07, 6.45) is 9.99. The summed E-state index contributed by atoms with van der Waals surface area (Å²) in [5.74, 6) is 0.973. The highest BCUT2D eigenvalue weighted by Gasteiger charge is 2.41. The Bertz CT molecular complexity index is 1140. The van der Waals surface area contributed by atoms with E-state index in [0.29, 0.717) is 6.42 Å². The third-order valence-corrected chi connectivity index (χ3v) is 8.85. The maximum atomic E-state index is 9.93. The van der Waals surface area contributed by atoms with Gasteiger partial charge in [-0.1, -0.05) is 73.2 Å². The summed E-state index contributed by atoms with van der Waals surface area (Å²) in [5.41, 5.74) is 5.49. The van der Waals surface area contributed by atoms with Crippen LogP contribution in [0.25, 0.3) is 0 Å². The Balaban J connectivity index is 1.37. The first kappa shape index (κ1) is 24.6. The normalized spacial score (nSPS) is 20.0. The molecule has 36 heavy (non-hydrogen) atoms. The van der Waals surface area contributed by atoms with E-state index in [1.54, 1.807) is 7.11 Å². The predicted octanol–water partition coefficient (Wildman–Crippen LogP) is 7.09. The number of nitrogens with zero attached hydrogens (tertiary/aromatic N) is 2. The van der Waals surface area contributed by atoms with Gasteiger partial charge in [0.15, 0.2) is 0 Å². The molecule has 3 aromatic rings. The van der Waals surface area contributed by atoms with E-state index in [-0.39, 0.29) is 11.0 Å². The summed E-state index contributed by atoms with van der Waals surface area (Å²) in [4.78, 5) is 2.82. The van der Waals surface area contributed by atoms with Crippen LogP contribution in [0.4, 0.5) is 0 Å². The van der Waals surface area contributed by atoms with Crippen molar-refractivity contribution < 1.29 is 4.74 Å². The summed E-state index contributed by atoms with van der Waals surface area (Å²) in [5, 5.41) is 9.93. The van der Waals surface area contributed by atoms with Gasteiger partial charge in [-0.2, -0.15) is 5.26 Å². The molecule has 1 spiro atoms. The first-order valence-corrected chi connectivity index (χ1v) is 13.6. The maximum Gasteiger partial charge on any atom is 0.119 e. The Labute approximate surface area is 216 Å². The van der Waals surface area contributed by atoms with Crippen molar-refractivity contribution in [3.63, 3.8) is 0 Å². The minimum atomic E-state index is -0.268. The second kappa shape index (κ2) is 10.9. The Morgan fingerprint density at radius 2 is 1.64 bits per heavy atom. The average molecular weight is 479 g/mol. The molecular weight excluding hydrogens is 440 g/mol. The van der Waals surface area contributed by atoms with Gasteiger partial charge in [-0.25, -0.2) is 0 Å². The summed E-state index contributed by atoms with van der Waals surface area (Å²) in [6.45, 7) is 2.28. The summed E-state index contributed by atoms with van der Waals surface area (Å²) >= 11 is 0. The SMILES string of the molecule is COc1ccc2c(c1)CCC1(CCCCN1CCCC(CC#N)(c1ccccc1)c1ccccc1)C2. The zero-order valence-electron chi connectivity index (χ0n) is 21.6. The van der Waals surface area contributed by atoms with Gasteiger partial charge in [-0.15, -0.1) is 0 Å². The molecule has 1 aliphatic heterocycles. The minimum Gasteiger partial charge on any atom is -0.497 e. The van der Waals surface area contributed by atoms with Gasteiger partial charge in [0.05, 0.1) is 13.2 Å². The zero-order chi connectivity index (χ0) is 24.8. The number of piperidine rings is 1. The van der Waals surface area contributed by atoms with Crippen LogP contribution in [0.1, 0.15) is 67.2 Å². The van der Waals surface area contributed by atoms with Gasteiger partial charge in [0.1, 0.15) is 5.75 Å². The number of hydrogen-bond acceptors (Lipinski definition) is 3. The van der Waals surface area contributed by atoms with Crippen molar-refractivity contribution in [2.75, 3.05) is 20.2 Å². The van der Waals surface area contributed by atoms with Crippen LogP contribution in [0.2, 0.25) is 0 Å². The molecule has 1 unspecified atom stereocenters. The van der Waals surface area contributed by atoms with Gasteiger partial charge in [0.25, 0.3) is 0 Å². The fraction of sp³-hybridized carbons (Fsp3) is 0.424. The molecule has 0 amide bonds. The van der Waals surface area contributed by atoms with Gasteiger partial charge in [0, 0.05) is 17.4 Å². The number of rotatable bonds is 8. The second-order valence-corrected chi connectivity index (χ2v) is 10.7. The van der Waals surface area contributed by atoms with E-state index in [9.17, 15) is 5.26 Å². The van der Waals surface area contributed by atoms with Crippen molar-refractivity contribution in [3.05, 3.63) is 101 Å². The molecule has 0 aromatic heterocycles. The van der Waals surface area contributed by atoms with Crippen LogP contribution in [0.5, 0.6) is 5.75 Å². The summed E-state index contributed by atoms with van der Waals surface area (Å²) < 4.78 is 5.48. The highest BCUT2D eigenvalue weighted by atomic mass is 16.5. The number of benzene rings is 3. The molecule has 186 valence electrons. The minimum absolute atomic E-state index is 0.268. The number of hydrogen-bond donors (Lipinski definition) is 0. The highest BCUT2D eigenvalue weighted by Crippen LogP contribution is 2.43. The lowest BCUT2D eigenvalue weighted by Crippen LogP contribution is -2.55. The topological polar surface area (TPSA) is 36.3 Å². The molecule has 3 nitrogen and oxygen atoms in total. The number of likely N-dealkylation sites (tertiary alicyclic amines) is 1. The molecule has 1 atom stereocenters. The van der Waals surface area contributed by atoms with E-state index in [1.165, 1.54) is 54.5 Å². The van der Waals surface area contributed by atoms with Crippen LogP contribution in [0.3, 0.4) is 0 Å². The first-order chi connectivity index (χ1) is 17.7. The van der Waals surface area contributed by atoms with Gasteiger partial charge < -0.3 is 4.74 Å². The number of aryl methyl sites for hydroxylation is 1. The van der Waals surface area contributed by atoms with Crippen LogP contribution in [0, 0.1) is 11.3 Å². The van der Waals surface area contributed by atoms with E-state index in [2.05, 4.69) is 89.8 Å². The van der Waals surface area contributed by atoms with Crippen molar-refractivity contribution in [1.82, 2.24) is 4.90 Å². The summed E-state index contributed by atoms with van der Waals surface area (Å²) in [7, 11) is 1.76. The van der Waals surface area contributed by atoms with E-state index in [4.69, 9.17) is 4.74 Å². The third-order valence-electron chi connectivity index (χ3n) is 8.85. The Kier molecular flexibility index (Phi) is 7.44. The average Bonchev–Trinajstić information content (AvgIpc) is 2.94. The van der Waals surface area contributed by atoms with E-state index < -0.39 is 0 Å². The fourth-order valence-corrected chi connectivity index (χ4v) is 6.90. The maximum absolute atomic E-state index is 9.93. The molecule has 0 bridgehead atoms. The van der Waals surface area contributed by atoms with Crippen molar-refractivity contribution in [2.45, 2.75) is 68.7 Å². The Morgan fingerprint density at radius 3 is 2.31 bits per heavy atom. The van der Waals surface area contributed by atoms with Crippen molar-refractivity contribution in [1.29, 1.82) is 5.26 Å². The second-order valence-electron chi connectivity index (χ2n) is 10.7. The molecule has 3 heteroatoms. The van der Waals surface area contributed by atoms with Crippen LogP contribution in [-0.4, -0.2) is 30.6 Å². The number of nitriles is 1. The van der Waals surface area contributed by atoms with E-state index >= 15 is 0 Å².